The van der Waals surface area contributed by atoms with Gasteiger partial charge in [-0.25, -0.2) is 0 Å². The van der Waals surface area contributed by atoms with E-state index in [2.05, 4.69) is 65.1 Å². The first-order valence-electron chi connectivity index (χ1n) is 11.0. The standard InChI is InChI=1S/C27H29IN2O3/c1-18-25-16-23(32)10-13-26(25)30(27(18)21-6-8-22(31)9-7-21)17-20-4-11-24(12-5-20)33-15-14-29(3)19(2)28/h4-13,16,19,31-32H,14-15,17H2,1-3H3/t19-/m1/s1. The van der Waals surface area contributed by atoms with Crippen LogP contribution in [0.4, 0.5) is 0 Å². The maximum absolute atomic E-state index is 10.1. The predicted octanol–water partition coefficient (Wildman–Crippen LogP) is 6.17. The van der Waals surface area contributed by atoms with Crippen LogP contribution in [0.5, 0.6) is 17.2 Å². The number of hydrogen-bond acceptors (Lipinski definition) is 4. The normalized spacial score (nSPS) is 12.4. The zero-order chi connectivity index (χ0) is 23.5. The molecule has 1 aromatic heterocycles. The van der Waals surface area contributed by atoms with Crippen LogP contribution in [-0.2, 0) is 6.54 Å². The van der Waals surface area contributed by atoms with Crippen molar-refractivity contribution in [1.29, 1.82) is 0 Å². The summed E-state index contributed by atoms with van der Waals surface area (Å²) in [4.78, 5) is 2.25. The number of phenols is 2. The van der Waals surface area contributed by atoms with Crippen molar-refractivity contribution in [3.63, 3.8) is 0 Å². The van der Waals surface area contributed by atoms with E-state index in [1.165, 1.54) is 0 Å². The molecule has 33 heavy (non-hydrogen) atoms. The second-order valence-corrected chi connectivity index (χ2v) is 10.2. The molecule has 0 amide bonds. The van der Waals surface area contributed by atoms with Gasteiger partial charge in [-0.15, -0.1) is 0 Å². The molecule has 0 radical (unpaired) electrons. The van der Waals surface area contributed by atoms with Gasteiger partial charge < -0.3 is 19.5 Å². The number of hydrogen-bond donors (Lipinski definition) is 2. The smallest absolute Gasteiger partial charge is 0.119 e. The minimum atomic E-state index is 0.242. The molecule has 5 nitrogen and oxygen atoms in total. The van der Waals surface area contributed by atoms with E-state index in [0.29, 0.717) is 17.2 Å². The van der Waals surface area contributed by atoms with Gasteiger partial charge in [-0.2, -0.15) is 0 Å². The van der Waals surface area contributed by atoms with Crippen molar-refractivity contribution in [3.8, 4) is 28.5 Å². The Kier molecular flexibility index (Phi) is 7.14. The molecule has 0 spiro atoms. The SMILES string of the molecule is Cc1c(-c2ccc(O)cc2)n(Cc2ccc(OCCN(C)[C@H](C)I)cc2)c2ccc(O)cc12. The fraction of sp³-hybridized carbons (Fsp3) is 0.259. The number of nitrogens with zero attached hydrogens (tertiary/aromatic N) is 2. The Labute approximate surface area is 208 Å². The number of aromatic nitrogens is 1. The van der Waals surface area contributed by atoms with Gasteiger partial charge in [-0.1, -0.05) is 34.7 Å². The quantitative estimate of drug-likeness (QED) is 0.155. The lowest BCUT2D eigenvalue weighted by Gasteiger charge is -2.19. The van der Waals surface area contributed by atoms with E-state index in [9.17, 15) is 10.2 Å². The average molecular weight is 556 g/mol. The second kappa shape index (κ2) is 10.1. The number of fused-ring (bicyclic) bond motifs is 1. The van der Waals surface area contributed by atoms with Gasteiger partial charge in [0.2, 0.25) is 0 Å². The molecule has 0 aliphatic heterocycles. The second-order valence-electron chi connectivity index (χ2n) is 8.36. The third kappa shape index (κ3) is 5.28. The molecule has 0 saturated carbocycles. The van der Waals surface area contributed by atoms with Gasteiger partial charge in [-0.05, 0) is 92.2 Å². The maximum atomic E-state index is 10.1. The van der Waals surface area contributed by atoms with Crippen LogP contribution in [0.15, 0.2) is 66.7 Å². The Morgan fingerprint density at radius 3 is 2.30 bits per heavy atom. The van der Waals surface area contributed by atoms with E-state index in [1.54, 1.807) is 18.2 Å². The van der Waals surface area contributed by atoms with Crippen LogP contribution in [-0.4, -0.2) is 43.9 Å². The minimum absolute atomic E-state index is 0.242. The van der Waals surface area contributed by atoms with Crippen molar-refractivity contribution < 1.29 is 14.9 Å². The minimum Gasteiger partial charge on any atom is -0.508 e. The third-order valence-corrected chi connectivity index (χ3v) is 6.98. The highest BCUT2D eigenvalue weighted by atomic mass is 127. The first-order valence-corrected chi connectivity index (χ1v) is 12.3. The summed E-state index contributed by atoms with van der Waals surface area (Å²) < 4.78 is 8.66. The molecule has 0 unspecified atom stereocenters. The largest absolute Gasteiger partial charge is 0.508 e. The van der Waals surface area contributed by atoms with Gasteiger partial charge in [0.1, 0.15) is 23.9 Å². The van der Waals surface area contributed by atoms with E-state index in [1.807, 2.05) is 36.4 Å². The number of alkyl halides is 1. The topological polar surface area (TPSA) is 57.9 Å². The molecule has 4 aromatic rings. The van der Waals surface area contributed by atoms with E-state index < -0.39 is 0 Å². The Morgan fingerprint density at radius 2 is 1.64 bits per heavy atom. The number of ether oxygens (including phenoxy) is 1. The van der Waals surface area contributed by atoms with Gasteiger partial charge in [0, 0.05) is 24.0 Å². The molecule has 0 fully saturated rings. The summed E-state index contributed by atoms with van der Waals surface area (Å²) in [5.74, 6) is 1.36. The first kappa shape index (κ1) is 23.4. The van der Waals surface area contributed by atoms with Crippen molar-refractivity contribution in [1.82, 2.24) is 9.47 Å². The Balaban J connectivity index is 1.62. The van der Waals surface area contributed by atoms with Gasteiger partial charge >= 0.3 is 0 Å². The Bertz CT molecular complexity index is 1230. The molecule has 0 aliphatic carbocycles. The third-order valence-electron chi connectivity index (χ3n) is 6.02. The van der Waals surface area contributed by atoms with Gasteiger partial charge in [0.25, 0.3) is 0 Å². The summed E-state index contributed by atoms with van der Waals surface area (Å²) >= 11 is 2.40. The number of aryl methyl sites for hydroxylation is 1. The van der Waals surface area contributed by atoms with Crippen LogP contribution >= 0.6 is 22.6 Å². The molecule has 1 heterocycles. The highest BCUT2D eigenvalue weighted by Gasteiger charge is 2.17. The van der Waals surface area contributed by atoms with Crippen LogP contribution in [0.2, 0.25) is 0 Å². The lowest BCUT2D eigenvalue weighted by atomic mass is 10.1. The van der Waals surface area contributed by atoms with Crippen LogP contribution in [0.1, 0.15) is 18.1 Å². The van der Waals surface area contributed by atoms with Crippen molar-refractivity contribution >= 4 is 33.5 Å². The number of halogens is 1. The molecular formula is C27H29IN2O3. The van der Waals surface area contributed by atoms with E-state index in [-0.39, 0.29) is 11.5 Å². The first-order chi connectivity index (χ1) is 15.8. The highest BCUT2D eigenvalue weighted by Crippen LogP contribution is 2.36. The van der Waals surface area contributed by atoms with Crippen molar-refractivity contribution in [3.05, 3.63) is 77.9 Å². The molecule has 6 heteroatoms. The summed E-state index contributed by atoms with van der Waals surface area (Å²) in [6.07, 6.45) is 0. The maximum Gasteiger partial charge on any atom is 0.119 e. The molecule has 4 rings (SSSR count). The van der Waals surface area contributed by atoms with Crippen molar-refractivity contribution in [2.75, 3.05) is 20.2 Å². The summed E-state index contributed by atoms with van der Waals surface area (Å²) in [6.45, 7) is 6.45. The van der Waals surface area contributed by atoms with Crippen molar-refractivity contribution in [2.45, 2.75) is 24.4 Å². The van der Waals surface area contributed by atoms with Gasteiger partial charge in [-0.3, -0.25) is 4.90 Å². The molecule has 0 bridgehead atoms. The van der Waals surface area contributed by atoms with Crippen LogP contribution in [0.25, 0.3) is 22.2 Å². The fourth-order valence-electron chi connectivity index (χ4n) is 4.03. The van der Waals surface area contributed by atoms with Crippen LogP contribution < -0.4 is 4.74 Å². The highest BCUT2D eigenvalue weighted by molar-refractivity contribution is 14.1. The molecule has 172 valence electrons. The lowest BCUT2D eigenvalue weighted by Crippen LogP contribution is -2.28. The summed E-state index contributed by atoms with van der Waals surface area (Å²) in [5.41, 5.74) is 5.41. The molecule has 1 atom stereocenters. The Hall–Kier alpha value is -2.71. The molecule has 0 saturated heterocycles. The van der Waals surface area contributed by atoms with Gasteiger partial charge in [0.15, 0.2) is 0 Å². The van der Waals surface area contributed by atoms with Gasteiger partial charge in [0.05, 0.1) is 9.74 Å². The zero-order valence-corrected chi connectivity index (χ0v) is 21.3. The number of phenolic OH excluding ortho intramolecular Hbond substituents is 2. The average Bonchev–Trinajstić information content (AvgIpc) is 3.06. The molecule has 0 aliphatic rings. The summed E-state index contributed by atoms with van der Waals surface area (Å²) in [7, 11) is 2.10. The lowest BCUT2D eigenvalue weighted by molar-refractivity contribution is 0.238. The predicted molar refractivity (Wildman–Crippen MR) is 143 cm³/mol. The fourth-order valence-corrected chi connectivity index (χ4v) is 4.30. The van der Waals surface area contributed by atoms with Crippen LogP contribution in [0, 0.1) is 6.92 Å². The number of aromatic hydroxyl groups is 2. The van der Waals surface area contributed by atoms with Crippen molar-refractivity contribution in [2.24, 2.45) is 0 Å². The Morgan fingerprint density at radius 1 is 0.970 bits per heavy atom. The summed E-state index contributed by atoms with van der Waals surface area (Å²) in [6, 6.07) is 21.0. The number of rotatable bonds is 8. The van der Waals surface area contributed by atoms with E-state index in [4.69, 9.17) is 4.74 Å². The monoisotopic (exact) mass is 556 g/mol. The van der Waals surface area contributed by atoms with E-state index >= 15 is 0 Å². The molecule has 3 aromatic carbocycles. The molecular weight excluding hydrogens is 527 g/mol. The van der Waals surface area contributed by atoms with E-state index in [0.717, 1.165) is 45.6 Å². The zero-order valence-electron chi connectivity index (χ0n) is 19.1. The summed E-state index contributed by atoms with van der Waals surface area (Å²) in [5, 5.41) is 20.8. The molecule has 2 N–H and O–H groups in total. The van der Waals surface area contributed by atoms with Crippen LogP contribution in [0.3, 0.4) is 0 Å². The number of likely N-dealkylation sites (N-methyl/N-ethyl adjacent to an activating group) is 1. The number of benzene rings is 3.